The number of carbonyl (C=O) groups excluding carboxylic acids is 1. The third kappa shape index (κ3) is 2.75. The molecule has 0 amide bonds. The van der Waals surface area contributed by atoms with Crippen LogP contribution < -0.4 is 0 Å². The third-order valence-corrected chi connectivity index (χ3v) is 3.99. The SMILES string of the molecule is CCC(CC)c1c(C=O)nnn1-c1nnc(COC)s1. The molecule has 2 aromatic heterocycles. The van der Waals surface area contributed by atoms with Crippen molar-refractivity contribution >= 4 is 17.6 Å². The molecule has 0 aliphatic carbocycles. The Morgan fingerprint density at radius 2 is 2.05 bits per heavy atom. The number of rotatable bonds is 7. The van der Waals surface area contributed by atoms with E-state index >= 15 is 0 Å². The van der Waals surface area contributed by atoms with Crippen molar-refractivity contribution in [3.63, 3.8) is 0 Å². The Balaban J connectivity index is 2.44. The number of ether oxygens (including phenoxy) is 1. The predicted molar refractivity (Wildman–Crippen MR) is 74.2 cm³/mol. The zero-order valence-electron chi connectivity index (χ0n) is 11.7. The van der Waals surface area contributed by atoms with Gasteiger partial charge in [-0.2, -0.15) is 4.68 Å². The fraction of sp³-hybridized carbons (Fsp3) is 0.583. The van der Waals surface area contributed by atoms with Crippen LogP contribution in [0.1, 0.15) is 53.8 Å². The van der Waals surface area contributed by atoms with Crippen LogP contribution in [0.3, 0.4) is 0 Å². The molecule has 2 aromatic rings. The van der Waals surface area contributed by atoms with Gasteiger partial charge in [0, 0.05) is 13.0 Å². The first-order valence-corrected chi connectivity index (χ1v) is 7.29. The fourth-order valence-electron chi connectivity index (χ4n) is 2.10. The first kappa shape index (κ1) is 14.7. The van der Waals surface area contributed by atoms with Gasteiger partial charge in [-0.15, -0.1) is 15.3 Å². The molecule has 20 heavy (non-hydrogen) atoms. The molecule has 2 heterocycles. The van der Waals surface area contributed by atoms with Gasteiger partial charge in [-0.25, -0.2) is 0 Å². The van der Waals surface area contributed by atoms with Gasteiger partial charge in [-0.1, -0.05) is 30.4 Å². The summed E-state index contributed by atoms with van der Waals surface area (Å²) < 4.78 is 6.65. The van der Waals surface area contributed by atoms with E-state index in [0.29, 0.717) is 17.4 Å². The lowest BCUT2D eigenvalue weighted by molar-refractivity contribution is 0.111. The van der Waals surface area contributed by atoms with E-state index in [0.717, 1.165) is 29.8 Å². The predicted octanol–water partition coefficient (Wildman–Crippen LogP) is 1.98. The molecule has 0 saturated carbocycles. The van der Waals surface area contributed by atoms with Crippen LogP contribution in [0.25, 0.3) is 5.13 Å². The molecule has 2 rings (SSSR count). The molecular formula is C12H17N5O2S. The van der Waals surface area contributed by atoms with Gasteiger partial charge < -0.3 is 4.74 Å². The Bertz CT molecular complexity index is 576. The number of aromatic nitrogens is 5. The number of hydrogen-bond donors (Lipinski definition) is 0. The lowest BCUT2D eigenvalue weighted by Gasteiger charge is -2.12. The Morgan fingerprint density at radius 3 is 2.65 bits per heavy atom. The van der Waals surface area contributed by atoms with Crippen LogP contribution in [0.15, 0.2) is 0 Å². The largest absolute Gasteiger partial charge is 0.377 e. The molecule has 0 N–H and O–H groups in total. The highest BCUT2D eigenvalue weighted by atomic mass is 32.1. The van der Waals surface area contributed by atoms with E-state index < -0.39 is 0 Å². The Morgan fingerprint density at radius 1 is 1.30 bits per heavy atom. The van der Waals surface area contributed by atoms with Crippen molar-refractivity contribution in [3.05, 3.63) is 16.4 Å². The second kappa shape index (κ2) is 6.67. The first-order valence-electron chi connectivity index (χ1n) is 6.47. The lowest BCUT2D eigenvalue weighted by Crippen LogP contribution is -2.08. The Hall–Kier alpha value is -1.67. The van der Waals surface area contributed by atoms with Crippen LogP contribution in [0, 0.1) is 0 Å². The van der Waals surface area contributed by atoms with Gasteiger partial charge in [0.2, 0.25) is 5.13 Å². The quantitative estimate of drug-likeness (QED) is 0.726. The van der Waals surface area contributed by atoms with Crippen LogP contribution in [0.5, 0.6) is 0 Å². The maximum atomic E-state index is 11.1. The summed E-state index contributed by atoms with van der Waals surface area (Å²) in [5, 5.41) is 17.5. The molecule has 0 radical (unpaired) electrons. The highest BCUT2D eigenvalue weighted by Crippen LogP contribution is 2.27. The van der Waals surface area contributed by atoms with E-state index in [1.54, 1.807) is 11.8 Å². The summed E-state index contributed by atoms with van der Waals surface area (Å²) >= 11 is 1.38. The number of nitrogens with zero attached hydrogens (tertiary/aromatic N) is 5. The summed E-state index contributed by atoms with van der Waals surface area (Å²) in [5.41, 5.74) is 1.19. The fourth-order valence-corrected chi connectivity index (χ4v) is 2.87. The van der Waals surface area contributed by atoms with E-state index in [2.05, 4.69) is 34.4 Å². The molecule has 0 saturated heterocycles. The Kier molecular flexibility index (Phi) is 4.91. The minimum absolute atomic E-state index is 0.222. The molecule has 0 aliphatic heterocycles. The van der Waals surface area contributed by atoms with Crippen molar-refractivity contribution < 1.29 is 9.53 Å². The second-order valence-electron chi connectivity index (χ2n) is 4.31. The molecule has 7 nitrogen and oxygen atoms in total. The molecule has 8 heteroatoms. The molecule has 0 bridgehead atoms. The Labute approximate surface area is 121 Å². The van der Waals surface area contributed by atoms with Crippen molar-refractivity contribution in [1.29, 1.82) is 0 Å². The number of hydrogen-bond acceptors (Lipinski definition) is 7. The summed E-state index contributed by atoms with van der Waals surface area (Å²) in [4.78, 5) is 11.1. The van der Waals surface area contributed by atoms with Crippen LogP contribution in [-0.2, 0) is 11.3 Å². The van der Waals surface area contributed by atoms with E-state index in [1.807, 2.05) is 0 Å². The maximum Gasteiger partial charge on any atom is 0.234 e. The van der Waals surface area contributed by atoms with Gasteiger partial charge >= 0.3 is 0 Å². The van der Waals surface area contributed by atoms with E-state index in [-0.39, 0.29) is 5.92 Å². The molecule has 0 unspecified atom stereocenters. The average molecular weight is 295 g/mol. The van der Waals surface area contributed by atoms with Crippen molar-refractivity contribution in [2.45, 2.75) is 39.2 Å². The standard InChI is InChI=1S/C12H17N5O2S/c1-4-8(5-2)11-9(6-18)13-16-17(11)12-15-14-10(20-12)7-19-3/h6,8H,4-5,7H2,1-3H3. The number of carbonyl (C=O) groups is 1. The second-order valence-corrected chi connectivity index (χ2v) is 5.35. The normalized spacial score (nSPS) is 11.2. The van der Waals surface area contributed by atoms with Crippen molar-refractivity contribution in [2.75, 3.05) is 7.11 Å². The zero-order chi connectivity index (χ0) is 14.5. The zero-order valence-corrected chi connectivity index (χ0v) is 12.6. The summed E-state index contributed by atoms with van der Waals surface area (Å²) in [5.74, 6) is 0.222. The van der Waals surface area contributed by atoms with Crippen LogP contribution in [0.4, 0.5) is 0 Å². The molecule has 0 aromatic carbocycles. The summed E-state index contributed by atoms with van der Waals surface area (Å²) in [6, 6.07) is 0. The van der Waals surface area contributed by atoms with Crippen molar-refractivity contribution in [2.24, 2.45) is 0 Å². The van der Waals surface area contributed by atoms with Crippen molar-refractivity contribution in [1.82, 2.24) is 25.2 Å². The minimum Gasteiger partial charge on any atom is -0.377 e. The summed E-state index contributed by atoms with van der Waals surface area (Å²) in [6.07, 6.45) is 2.57. The van der Waals surface area contributed by atoms with Gasteiger partial charge in [0.05, 0.1) is 5.69 Å². The average Bonchev–Trinajstić information content (AvgIpc) is 3.07. The highest BCUT2D eigenvalue weighted by Gasteiger charge is 2.22. The van der Waals surface area contributed by atoms with Gasteiger partial charge in [-0.05, 0) is 12.8 Å². The number of aldehydes is 1. The van der Waals surface area contributed by atoms with Gasteiger partial charge in [0.25, 0.3) is 0 Å². The first-order chi connectivity index (χ1) is 9.74. The lowest BCUT2D eigenvalue weighted by atomic mass is 9.98. The van der Waals surface area contributed by atoms with Gasteiger partial charge in [-0.3, -0.25) is 4.79 Å². The topological polar surface area (TPSA) is 82.8 Å². The maximum absolute atomic E-state index is 11.1. The molecule has 0 fully saturated rings. The molecular weight excluding hydrogens is 278 g/mol. The van der Waals surface area contributed by atoms with Crippen LogP contribution >= 0.6 is 11.3 Å². The summed E-state index contributed by atoms with van der Waals surface area (Å²) in [7, 11) is 1.61. The van der Waals surface area contributed by atoms with E-state index in [9.17, 15) is 4.79 Å². The third-order valence-electron chi connectivity index (χ3n) is 3.12. The summed E-state index contributed by atoms with van der Waals surface area (Å²) in [6.45, 7) is 4.57. The molecule has 0 spiro atoms. The van der Waals surface area contributed by atoms with Gasteiger partial charge in [0.15, 0.2) is 6.29 Å². The smallest absolute Gasteiger partial charge is 0.234 e. The monoisotopic (exact) mass is 295 g/mol. The van der Waals surface area contributed by atoms with Gasteiger partial charge in [0.1, 0.15) is 17.3 Å². The number of methoxy groups -OCH3 is 1. The van der Waals surface area contributed by atoms with Crippen molar-refractivity contribution in [3.8, 4) is 5.13 Å². The molecule has 0 atom stereocenters. The van der Waals surface area contributed by atoms with E-state index in [4.69, 9.17) is 4.74 Å². The highest BCUT2D eigenvalue weighted by molar-refractivity contribution is 7.13. The van der Waals surface area contributed by atoms with Crippen LogP contribution in [0.2, 0.25) is 0 Å². The van der Waals surface area contributed by atoms with E-state index in [1.165, 1.54) is 11.3 Å². The molecule has 108 valence electrons. The minimum atomic E-state index is 0.222. The van der Waals surface area contributed by atoms with Crippen LogP contribution in [-0.4, -0.2) is 38.6 Å². The molecule has 0 aliphatic rings.